The molecule has 5 nitrogen and oxygen atoms in total. The number of carboxylic acid groups (broad SMARTS) is 1. The summed E-state index contributed by atoms with van der Waals surface area (Å²) in [7, 11) is 0. The van der Waals surface area contributed by atoms with Crippen molar-refractivity contribution in [1.82, 2.24) is 10.2 Å². The van der Waals surface area contributed by atoms with Gasteiger partial charge in [0.25, 0.3) is 0 Å². The topological polar surface area (TPSA) is 69.6 Å². The third-order valence-electron chi connectivity index (χ3n) is 4.27. The molecule has 0 unspecified atom stereocenters. The number of aliphatic carboxylic acids is 1. The van der Waals surface area contributed by atoms with Gasteiger partial charge in [-0.1, -0.05) is 13.3 Å². The van der Waals surface area contributed by atoms with Crippen molar-refractivity contribution in [2.24, 2.45) is 5.41 Å². The van der Waals surface area contributed by atoms with Gasteiger partial charge in [0, 0.05) is 19.1 Å². The minimum Gasteiger partial charge on any atom is -0.481 e. The first kappa shape index (κ1) is 14.2. The van der Waals surface area contributed by atoms with Gasteiger partial charge in [0.1, 0.15) is 0 Å². The molecule has 2 rings (SSSR count). The van der Waals surface area contributed by atoms with Gasteiger partial charge >= 0.3 is 12.0 Å². The summed E-state index contributed by atoms with van der Waals surface area (Å²) in [5.41, 5.74) is -0.192. The molecule has 0 aromatic heterocycles. The molecule has 2 fully saturated rings. The van der Waals surface area contributed by atoms with Gasteiger partial charge in [0.05, 0.1) is 6.42 Å². The average molecular weight is 268 g/mol. The fourth-order valence-corrected chi connectivity index (χ4v) is 2.86. The summed E-state index contributed by atoms with van der Waals surface area (Å²) < 4.78 is 0. The first-order valence-corrected chi connectivity index (χ1v) is 7.32. The number of carbonyl (C=O) groups is 2. The number of carboxylic acids is 1. The monoisotopic (exact) mass is 268 g/mol. The van der Waals surface area contributed by atoms with E-state index in [0.29, 0.717) is 12.6 Å². The van der Waals surface area contributed by atoms with E-state index < -0.39 is 5.97 Å². The quantitative estimate of drug-likeness (QED) is 0.743. The molecule has 2 amide bonds. The Morgan fingerprint density at radius 2 is 2.05 bits per heavy atom. The summed E-state index contributed by atoms with van der Waals surface area (Å²) in [5, 5.41) is 11.9. The highest BCUT2D eigenvalue weighted by molar-refractivity contribution is 5.75. The number of hydrogen-bond acceptors (Lipinski definition) is 2. The molecule has 0 aromatic carbocycles. The Balaban J connectivity index is 1.82. The lowest BCUT2D eigenvalue weighted by atomic mass is 9.66. The summed E-state index contributed by atoms with van der Waals surface area (Å²) in [6.45, 7) is 3.37. The molecule has 19 heavy (non-hydrogen) atoms. The molecule has 0 radical (unpaired) electrons. The maximum atomic E-state index is 12.2. The van der Waals surface area contributed by atoms with Crippen molar-refractivity contribution in [3.8, 4) is 0 Å². The zero-order valence-corrected chi connectivity index (χ0v) is 11.7. The lowest BCUT2D eigenvalue weighted by Crippen LogP contribution is -2.48. The summed E-state index contributed by atoms with van der Waals surface area (Å²) in [4.78, 5) is 24.9. The maximum absolute atomic E-state index is 12.2. The van der Waals surface area contributed by atoms with Crippen LogP contribution < -0.4 is 5.32 Å². The number of nitrogens with zero attached hydrogens (tertiary/aromatic N) is 1. The molecule has 2 aliphatic carbocycles. The van der Waals surface area contributed by atoms with Crippen LogP contribution in [0.5, 0.6) is 0 Å². The van der Waals surface area contributed by atoms with Gasteiger partial charge in [-0.2, -0.15) is 0 Å². The second-order valence-corrected chi connectivity index (χ2v) is 6.01. The lowest BCUT2D eigenvalue weighted by Gasteiger charge is -2.41. The van der Waals surface area contributed by atoms with Crippen LogP contribution in [0.4, 0.5) is 4.79 Å². The molecule has 0 aliphatic heterocycles. The molecule has 5 heteroatoms. The molecule has 2 aliphatic rings. The molecular weight excluding hydrogens is 244 g/mol. The van der Waals surface area contributed by atoms with Crippen LogP contribution in [0.15, 0.2) is 0 Å². The predicted molar refractivity (Wildman–Crippen MR) is 72.0 cm³/mol. The fraction of sp³-hybridized carbons (Fsp3) is 0.857. The van der Waals surface area contributed by atoms with E-state index in [4.69, 9.17) is 5.11 Å². The van der Waals surface area contributed by atoms with E-state index >= 15 is 0 Å². The Kier molecular flexibility index (Phi) is 4.32. The summed E-state index contributed by atoms with van der Waals surface area (Å²) in [5.74, 6) is -0.762. The van der Waals surface area contributed by atoms with E-state index in [9.17, 15) is 9.59 Å². The highest BCUT2D eigenvalue weighted by Gasteiger charge is 2.40. The Hall–Kier alpha value is -1.26. The van der Waals surface area contributed by atoms with Gasteiger partial charge in [-0.25, -0.2) is 4.79 Å². The third-order valence-corrected chi connectivity index (χ3v) is 4.27. The zero-order chi connectivity index (χ0) is 13.9. The number of rotatable bonds is 7. The second-order valence-electron chi connectivity index (χ2n) is 6.01. The minimum absolute atomic E-state index is 0.0130. The third kappa shape index (κ3) is 3.61. The summed E-state index contributed by atoms with van der Waals surface area (Å²) >= 11 is 0. The van der Waals surface area contributed by atoms with E-state index in [0.717, 1.165) is 45.1 Å². The van der Waals surface area contributed by atoms with Gasteiger partial charge in [0.2, 0.25) is 0 Å². The van der Waals surface area contributed by atoms with Crippen LogP contribution >= 0.6 is 0 Å². The Bertz CT molecular complexity index is 349. The van der Waals surface area contributed by atoms with Crippen LogP contribution in [0.2, 0.25) is 0 Å². The number of urea groups is 1. The molecule has 0 spiro atoms. The van der Waals surface area contributed by atoms with E-state index in [1.807, 2.05) is 4.90 Å². The normalized spacial score (nSPS) is 20.5. The van der Waals surface area contributed by atoms with Crippen LogP contribution in [0.25, 0.3) is 0 Å². The van der Waals surface area contributed by atoms with Gasteiger partial charge in [-0.05, 0) is 37.5 Å². The Morgan fingerprint density at radius 3 is 2.47 bits per heavy atom. The summed E-state index contributed by atoms with van der Waals surface area (Å²) in [6, 6.07) is 0.401. The van der Waals surface area contributed by atoms with Crippen molar-refractivity contribution >= 4 is 12.0 Å². The maximum Gasteiger partial charge on any atom is 0.317 e. The number of amides is 2. The molecule has 2 N–H and O–H groups in total. The van der Waals surface area contributed by atoms with E-state index in [-0.39, 0.29) is 17.9 Å². The second kappa shape index (κ2) is 5.80. The van der Waals surface area contributed by atoms with Crippen LogP contribution in [-0.4, -0.2) is 41.1 Å². The largest absolute Gasteiger partial charge is 0.481 e. The van der Waals surface area contributed by atoms with Crippen molar-refractivity contribution in [1.29, 1.82) is 0 Å². The van der Waals surface area contributed by atoms with Crippen molar-refractivity contribution in [3.63, 3.8) is 0 Å². The predicted octanol–water partition coefficient (Wildman–Crippen LogP) is 2.22. The van der Waals surface area contributed by atoms with E-state index in [1.165, 1.54) is 0 Å². The highest BCUT2D eigenvalue weighted by atomic mass is 16.4. The van der Waals surface area contributed by atoms with Crippen molar-refractivity contribution in [2.45, 2.75) is 57.9 Å². The average Bonchev–Trinajstić information content (AvgIpc) is 3.12. The molecule has 108 valence electrons. The Morgan fingerprint density at radius 1 is 1.37 bits per heavy atom. The molecular formula is C14H24N2O3. The number of hydrogen-bond donors (Lipinski definition) is 2. The summed E-state index contributed by atoms with van der Waals surface area (Å²) in [6.07, 6.45) is 6.24. The lowest BCUT2D eigenvalue weighted by molar-refractivity contribution is -0.141. The fourth-order valence-electron chi connectivity index (χ4n) is 2.86. The molecule has 2 saturated carbocycles. The van der Waals surface area contributed by atoms with E-state index in [1.54, 1.807) is 0 Å². The van der Waals surface area contributed by atoms with Gasteiger partial charge in [0.15, 0.2) is 0 Å². The van der Waals surface area contributed by atoms with Crippen LogP contribution in [-0.2, 0) is 4.79 Å². The van der Waals surface area contributed by atoms with E-state index in [2.05, 4.69) is 12.2 Å². The van der Waals surface area contributed by atoms with Gasteiger partial charge in [-0.15, -0.1) is 0 Å². The number of carbonyl (C=O) groups excluding carboxylic acids is 1. The van der Waals surface area contributed by atoms with Crippen molar-refractivity contribution in [2.75, 3.05) is 13.1 Å². The van der Waals surface area contributed by atoms with Crippen LogP contribution in [0.3, 0.4) is 0 Å². The first-order chi connectivity index (χ1) is 9.06. The van der Waals surface area contributed by atoms with Gasteiger partial charge in [-0.3, -0.25) is 4.79 Å². The molecule has 0 atom stereocenters. The molecule has 0 bridgehead atoms. The minimum atomic E-state index is -0.762. The molecule has 0 saturated heterocycles. The zero-order valence-electron chi connectivity index (χ0n) is 11.7. The standard InChI is InChI=1S/C14H24N2O3/c1-2-8-16(11-4-5-11)13(19)15-10-14(6-3-7-14)9-12(17)18/h11H,2-10H2,1H3,(H,15,19)(H,17,18). The molecule has 0 heterocycles. The Labute approximate surface area is 114 Å². The van der Waals surface area contributed by atoms with Crippen molar-refractivity contribution < 1.29 is 14.7 Å². The smallest absolute Gasteiger partial charge is 0.317 e. The van der Waals surface area contributed by atoms with Crippen molar-refractivity contribution in [3.05, 3.63) is 0 Å². The highest BCUT2D eigenvalue weighted by Crippen LogP contribution is 2.43. The number of nitrogens with one attached hydrogen (secondary N) is 1. The van der Waals surface area contributed by atoms with Gasteiger partial charge < -0.3 is 15.3 Å². The first-order valence-electron chi connectivity index (χ1n) is 7.32. The van der Waals surface area contributed by atoms with Crippen LogP contribution in [0.1, 0.15) is 51.9 Å². The molecule has 0 aromatic rings. The SMILES string of the molecule is CCCN(C(=O)NCC1(CC(=O)O)CCC1)C1CC1. The van der Waals surface area contributed by atoms with Crippen LogP contribution in [0, 0.1) is 5.41 Å².